The first kappa shape index (κ1) is 14.0. The summed E-state index contributed by atoms with van der Waals surface area (Å²) in [5, 5.41) is 1.26. The van der Waals surface area contributed by atoms with E-state index in [1.807, 2.05) is 0 Å². The van der Waals surface area contributed by atoms with Gasteiger partial charge in [-0.1, -0.05) is 25.0 Å². The van der Waals surface area contributed by atoms with E-state index < -0.39 is 6.50 Å². The molecule has 0 amide bonds. The maximum absolute atomic E-state index is 7.99. The SMILES string of the molecule is [2H]C([2H])(N)[C@@H]1CCCC[C@H]1CN1CCN(c2nsc3ccccc23)CC1. The molecular weight excluding hydrogens is 316 g/mol. The predicted octanol–water partition coefficient (Wildman–Crippen LogP) is 3.18. The van der Waals surface area contributed by atoms with Crippen LogP contribution in [0, 0.1) is 11.8 Å². The summed E-state index contributed by atoms with van der Waals surface area (Å²) < 4.78 is 21.9. The van der Waals surface area contributed by atoms with E-state index in [0.29, 0.717) is 5.92 Å². The second kappa shape index (κ2) is 7.38. The van der Waals surface area contributed by atoms with Crippen LogP contribution in [0.2, 0.25) is 0 Å². The number of nitrogens with zero attached hydrogens (tertiary/aromatic N) is 3. The van der Waals surface area contributed by atoms with Crippen molar-refractivity contribution in [2.75, 3.05) is 44.1 Å². The highest BCUT2D eigenvalue weighted by atomic mass is 32.1. The Morgan fingerprint density at radius 2 is 1.88 bits per heavy atom. The monoisotopic (exact) mass is 346 g/mol. The van der Waals surface area contributed by atoms with Crippen molar-refractivity contribution in [2.45, 2.75) is 25.7 Å². The molecule has 4 rings (SSSR count). The Hall–Kier alpha value is -1.17. The van der Waals surface area contributed by atoms with E-state index in [-0.39, 0.29) is 5.92 Å². The third-order valence-electron chi connectivity index (χ3n) is 5.65. The zero-order valence-electron chi connectivity index (χ0n) is 16.2. The van der Waals surface area contributed by atoms with Crippen LogP contribution in [0.1, 0.15) is 28.4 Å². The molecule has 1 saturated heterocycles. The lowest BCUT2D eigenvalue weighted by atomic mass is 9.79. The average molecular weight is 347 g/mol. The maximum Gasteiger partial charge on any atom is 0.150 e. The van der Waals surface area contributed by atoms with Crippen LogP contribution < -0.4 is 10.6 Å². The molecule has 1 aliphatic carbocycles. The quantitative estimate of drug-likeness (QED) is 0.923. The summed E-state index contributed by atoms with van der Waals surface area (Å²) in [6, 6.07) is 8.45. The summed E-state index contributed by atoms with van der Waals surface area (Å²) in [7, 11) is 0. The van der Waals surface area contributed by atoms with Crippen LogP contribution in [0.5, 0.6) is 0 Å². The van der Waals surface area contributed by atoms with Gasteiger partial charge in [-0.15, -0.1) is 0 Å². The summed E-state index contributed by atoms with van der Waals surface area (Å²) in [6.07, 6.45) is 4.36. The molecule has 0 unspecified atom stereocenters. The van der Waals surface area contributed by atoms with Gasteiger partial charge in [-0.05, 0) is 54.8 Å². The molecule has 0 radical (unpaired) electrons. The number of anilines is 1. The smallest absolute Gasteiger partial charge is 0.150 e. The molecule has 2 aromatic rings. The molecule has 2 atom stereocenters. The molecule has 5 heteroatoms. The Kier molecular flexibility index (Phi) is 4.32. The van der Waals surface area contributed by atoms with Crippen molar-refractivity contribution >= 4 is 27.4 Å². The molecule has 1 aromatic heterocycles. The Morgan fingerprint density at radius 3 is 2.67 bits per heavy atom. The van der Waals surface area contributed by atoms with Gasteiger partial charge in [0.05, 0.1) is 4.70 Å². The van der Waals surface area contributed by atoms with Crippen LogP contribution in [0.25, 0.3) is 10.1 Å². The number of nitrogens with two attached hydrogens (primary N) is 1. The van der Waals surface area contributed by atoms with Gasteiger partial charge in [0.15, 0.2) is 0 Å². The van der Waals surface area contributed by atoms with E-state index in [0.717, 1.165) is 57.8 Å². The van der Waals surface area contributed by atoms with Gasteiger partial charge in [0.2, 0.25) is 0 Å². The molecule has 2 aliphatic rings. The third-order valence-corrected chi connectivity index (χ3v) is 6.46. The van der Waals surface area contributed by atoms with Crippen molar-refractivity contribution in [1.29, 1.82) is 0 Å². The molecule has 2 N–H and O–H groups in total. The summed E-state index contributed by atoms with van der Waals surface area (Å²) in [5.41, 5.74) is 5.84. The van der Waals surface area contributed by atoms with Crippen molar-refractivity contribution in [3.05, 3.63) is 24.3 Å². The van der Waals surface area contributed by atoms with E-state index in [2.05, 4.69) is 38.4 Å². The lowest BCUT2D eigenvalue weighted by Crippen LogP contribution is -2.49. The van der Waals surface area contributed by atoms with Gasteiger partial charge in [-0.3, -0.25) is 4.90 Å². The van der Waals surface area contributed by atoms with Crippen LogP contribution in [-0.2, 0) is 0 Å². The van der Waals surface area contributed by atoms with Crippen LogP contribution in [0.3, 0.4) is 0 Å². The molecule has 24 heavy (non-hydrogen) atoms. The number of aromatic nitrogens is 1. The molecule has 1 aromatic carbocycles. The first-order valence-corrected chi connectivity index (χ1v) is 9.90. The predicted molar refractivity (Wildman–Crippen MR) is 103 cm³/mol. The van der Waals surface area contributed by atoms with Crippen molar-refractivity contribution in [3.63, 3.8) is 0 Å². The Labute approximate surface area is 151 Å². The largest absolute Gasteiger partial charge is 0.353 e. The Bertz CT molecular complexity index is 736. The number of rotatable bonds is 4. The molecule has 4 nitrogen and oxygen atoms in total. The fourth-order valence-electron chi connectivity index (χ4n) is 4.22. The van der Waals surface area contributed by atoms with Crippen molar-refractivity contribution in [1.82, 2.24) is 9.27 Å². The van der Waals surface area contributed by atoms with E-state index in [9.17, 15) is 0 Å². The van der Waals surface area contributed by atoms with Gasteiger partial charge in [-0.2, -0.15) is 4.37 Å². The van der Waals surface area contributed by atoms with Crippen LogP contribution in [-0.4, -0.2) is 48.5 Å². The summed E-state index contributed by atoms with van der Waals surface area (Å²) in [6.45, 7) is 3.44. The summed E-state index contributed by atoms with van der Waals surface area (Å²) in [4.78, 5) is 4.90. The first-order chi connectivity index (χ1) is 12.5. The molecule has 2 heterocycles. The molecule has 130 valence electrons. The minimum Gasteiger partial charge on any atom is -0.353 e. The topological polar surface area (TPSA) is 45.4 Å². The van der Waals surface area contributed by atoms with Crippen LogP contribution in [0.15, 0.2) is 24.3 Å². The van der Waals surface area contributed by atoms with Gasteiger partial charge < -0.3 is 10.6 Å². The minimum absolute atomic E-state index is 0.00300. The molecular formula is C19H28N4S. The molecule has 2 fully saturated rings. The fourth-order valence-corrected chi connectivity index (χ4v) is 5.02. The number of piperazine rings is 1. The minimum atomic E-state index is -1.55. The van der Waals surface area contributed by atoms with E-state index in [4.69, 9.17) is 8.48 Å². The van der Waals surface area contributed by atoms with Crippen molar-refractivity contribution in [2.24, 2.45) is 17.6 Å². The van der Waals surface area contributed by atoms with Gasteiger partial charge in [0.1, 0.15) is 5.82 Å². The molecule has 1 aliphatic heterocycles. The third kappa shape index (κ3) is 3.30. The number of hydrogen-bond donors (Lipinski definition) is 1. The number of benzene rings is 1. The van der Waals surface area contributed by atoms with E-state index in [1.54, 1.807) is 11.5 Å². The second-order valence-corrected chi connectivity index (χ2v) is 7.91. The zero-order valence-corrected chi connectivity index (χ0v) is 15.0. The highest BCUT2D eigenvalue weighted by Gasteiger charge is 2.28. The van der Waals surface area contributed by atoms with Crippen molar-refractivity contribution < 1.29 is 2.74 Å². The van der Waals surface area contributed by atoms with Gasteiger partial charge in [-0.25, -0.2) is 0 Å². The van der Waals surface area contributed by atoms with E-state index >= 15 is 0 Å². The van der Waals surface area contributed by atoms with Crippen LogP contribution >= 0.6 is 11.5 Å². The molecule has 0 bridgehead atoms. The molecule has 1 saturated carbocycles. The Balaban J connectivity index is 1.37. The zero-order chi connectivity index (χ0) is 18.1. The lowest BCUT2D eigenvalue weighted by molar-refractivity contribution is 0.149. The summed E-state index contributed by atoms with van der Waals surface area (Å²) >= 11 is 1.58. The maximum atomic E-state index is 7.99. The normalized spacial score (nSPS) is 28.0. The lowest BCUT2D eigenvalue weighted by Gasteiger charge is -2.39. The number of fused-ring (bicyclic) bond motifs is 1. The highest BCUT2D eigenvalue weighted by Crippen LogP contribution is 2.32. The average Bonchev–Trinajstić information content (AvgIpc) is 3.06. The van der Waals surface area contributed by atoms with Gasteiger partial charge in [0, 0.05) is 40.9 Å². The first-order valence-electron chi connectivity index (χ1n) is 10.1. The standard InChI is InChI=1S/C19H28N4S/c20-13-15-5-1-2-6-16(15)14-22-9-11-23(12-10-22)19-17-7-3-4-8-18(17)24-21-19/h3-4,7-8,15-16H,1-2,5-6,9-14,20H2/t15-,16-/m0/s1/i13D2. The summed E-state index contributed by atoms with van der Waals surface area (Å²) in [5.74, 6) is 1.51. The van der Waals surface area contributed by atoms with Gasteiger partial charge in [0.25, 0.3) is 0 Å². The second-order valence-electron chi connectivity index (χ2n) is 7.11. The van der Waals surface area contributed by atoms with Gasteiger partial charge >= 0.3 is 0 Å². The van der Waals surface area contributed by atoms with E-state index in [1.165, 1.54) is 16.5 Å². The van der Waals surface area contributed by atoms with Crippen LogP contribution in [0.4, 0.5) is 5.82 Å². The molecule has 0 spiro atoms. The fraction of sp³-hybridized carbons (Fsp3) is 0.632. The number of hydrogen-bond acceptors (Lipinski definition) is 5. The van der Waals surface area contributed by atoms with Crippen molar-refractivity contribution in [3.8, 4) is 0 Å². The Morgan fingerprint density at radius 1 is 1.12 bits per heavy atom. The highest BCUT2D eigenvalue weighted by molar-refractivity contribution is 7.13.